The van der Waals surface area contributed by atoms with Crippen LogP contribution in [0.4, 0.5) is 0 Å². The Kier molecular flexibility index (Phi) is 4.68. The maximum absolute atomic E-state index is 11.6. The van der Waals surface area contributed by atoms with Crippen molar-refractivity contribution in [3.63, 3.8) is 0 Å². The average molecular weight is 280 g/mol. The van der Waals surface area contributed by atoms with Gasteiger partial charge in [-0.3, -0.25) is 19.2 Å². The zero-order valence-corrected chi connectivity index (χ0v) is 10.1. The first-order chi connectivity index (χ1) is 9.25. The van der Waals surface area contributed by atoms with Crippen LogP contribution in [0.5, 0.6) is 0 Å². The van der Waals surface area contributed by atoms with Crippen molar-refractivity contribution in [1.82, 2.24) is 0 Å². The number of aliphatic carboxylic acids is 2. The van der Waals surface area contributed by atoms with E-state index in [2.05, 4.69) is 0 Å². The van der Waals surface area contributed by atoms with Gasteiger partial charge in [-0.1, -0.05) is 24.3 Å². The van der Waals surface area contributed by atoms with Gasteiger partial charge in [-0.15, -0.1) is 0 Å². The summed E-state index contributed by atoms with van der Waals surface area (Å²) in [6.07, 6.45) is 0. The van der Waals surface area contributed by atoms with E-state index in [0.717, 1.165) is 0 Å². The van der Waals surface area contributed by atoms with Crippen molar-refractivity contribution in [1.29, 1.82) is 0 Å². The molecule has 20 heavy (non-hydrogen) atoms. The summed E-state index contributed by atoms with van der Waals surface area (Å²) in [5.74, 6) is -4.58. The van der Waals surface area contributed by atoms with Gasteiger partial charge in [0.1, 0.15) is 0 Å². The van der Waals surface area contributed by atoms with Crippen LogP contribution < -0.4 is 11.5 Å². The number of carboxylic acid groups (broad SMARTS) is 2. The number of Topliss-reactive ketones (excluding diaryl/α,β-unsaturated/α-hetero) is 2. The summed E-state index contributed by atoms with van der Waals surface area (Å²) in [5.41, 5.74) is 10.3. The second-order valence-corrected chi connectivity index (χ2v) is 3.94. The van der Waals surface area contributed by atoms with E-state index in [1.807, 2.05) is 0 Å². The molecular formula is C12H12N2O6. The monoisotopic (exact) mass is 280 g/mol. The molecule has 8 nitrogen and oxygen atoms in total. The van der Waals surface area contributed by atoms with Crippen LogP contribution in [0.2, 0.25) is 0 Å². The lowest BCUT2D eigenvalue weighted by molar-refractivity contribution is -0.138. The second kappa shape index (κ2) is 6.04. The van der Waals surface area contributed by atoms with E-state index in [9.17, 15) is 19.2 Å². The molecule has 2 atom stereocenters. The lowest BCUT2D eigenvalue weighted by Gasteiger charge is -2.08. The van der Waals surface area contributed by atoms with Crippen LogP contribution in [0.3, 0.4) is 0 Å². The Morgan fingerprint density at radius 3 is 1.20 bits per heavy atom. The molecule has 0 saturated heterocycles. The van der Waals surface area contributed by atoms with E-state index in [1.54, 1.807) is 0 Å². The van der Waals surface area contributed by atoms with Gasteiger partial charge in [-0.25, -0.2) is 0 Å². The predicted molar refractivity (Wildman–Crippen MR) is 66.3 cm³/mol. The van der Waals surface area contributed by atoms with Gasteiger partial charge >= 0.3 is 11.9 Å². The van der Waals surface area contributed by atoms with Crippen molar-refractivity contribution in [2.45, 2.75) is 12.1 Å². The number of nitrogens with two attached hydrogens (primary N) is 2. The van der Waals surface area contributed by atoms with E-state index < -0.39 is 35.6 Å². The third-order valence-corrected chi connectivity index (χ3v) is 2.55. The van der Waals surface area contributed by atoms with Crippen LogP contribution in [-0.4, -0.2) is 45.8 Å². The number of carbonyl (C=O) groups is 4. The number of rotatable bonds is 6. The molecule has 0 radical (unpaired) electrons. The van der Waals surface area contributed by atoms with E-state index >= 15 is 0 Å². The van der Waals surface area contributed by atoms with Gasteiger partial charge in [0.25, 0.3) is 0 Å². The number of ketones is 2. The zero-order chi connectivity index (χ0) is 15.4. The Morgan fingerprint density at radius 2 is 1.00 bits per heavy atom. The summed E-state index contributed by atoms with van der Waals surface area (Å²) in [7, 11) is 0. The van der Waals surface area contributed by atoms with Crippen LogP contribution in [0.15, 0.2) is 24.3 Å². The Hall–Kier alpha value is -2.58. The van der Waals surface area contributed by atoms with Crippen LogP contribution in [0.25, 0.3) is 0 Å². The molecule has 0 fully saturated rings. The van der Waals surface area contributed by atoms with Crippen molar-refractivity contribution in [2.75, 3.05) is 0 Å². The number of carbonyl (C=O) groups excluding carboxylic acids is 2. The minimum atomic E-state index is -1.70. The van der Waals surface area contributed by atoms with Crippen LogP contribution in [0, 0.1) is 0 Å². The maximum atomic E-state index is 11.6. The molecule has 0 spiro atoms. The van der Waals surface area contributed by atoms with Gasteiger partial charge in [0.05, 0.1) is 0 Å². The second-order valence-electron chi connectivity index (χ2n) is 3.94. The SMILES string of the molecule is NC(C(=O)O)C(=O)c1ccc(C(=O)C(N)C(=O)O)cc1. The Labute approximate surface area is 113 Å². The smallest absolute Gasteiger partial charge is 0.328 e. The van der Waals surface area contributed by atoms with Gasteiger partial charge < -0.3 is 21.7 Å². The van der Waals surface area contributed by atoms with Gasteiger partial charge in [-0.2, -0.15) is 0 Å². The largest absolute Gasteiger partial charge is 0.480 e. The highest BCUT2D eigenvalue weighted by atomic mass is 16.4. The molecule has 1 aromatic carbocycles. The van der Waals surface area contributed by atoms with E-state index in [0.29, 0.717) is 0 Å². The Bertz CT molecular complexity index is 515. The summed E-state index contributed by atoms with van der Waals surface area (Å²) < 4.78 is 0. The van der Waals surface area contributed by atoms with Crippen molar-refractivity contribution in [3.05, 3.63) is 35.4 Å². The summed E-state index contributed by atoms with van der Waals surface area (Å²) in [6, 6.07) is 1.36. The predicted octanol–water partition coefficient (Wildman–Crippen LogP) is -1.12. The standard InChI is InChI=1S/C12H12N2O6/c13-7(11(17)18)9(15)5-1-2-6(4-3-5)10(16)8(14)12(19)20/h1-4,7-8H,13-14H2,(H,17,18)(H,19,20). The molecule has 8 heteroatoms. The van der Waals surface area contributed by atoms with Gasteiger partial charge in [0.2, 0.25) is 0 Å². The normalized spacial score (nSPS) is 13.3. The molecule has 0 saturated carbocycles. The van der Waals surface area contributed by atoms with Crippen molar-refractivity contribution in [3.8, 4) is 0 Å². The van der Waals surface area contributed by atoms with Crippen molar-refractivity contribution in [2.24, 2.45) is 11.5 Å². The highest BCUT2D eigenvalue weighted by Crippen LogP contribution is 2.09. The molecular weight excluding hydrogens is 268 g/mol. The summed E-state index contributed by atoms with van der Waals surface area (Å²) in [5, 5.41) is 17.2. The molecule has 6 N–H and O–H groups in total. The molecule has 0 aliphatic carbocycles. The van der Waals surface area contributed by atoms with E-state index in [-0.39, 0.29) is 11.1 Å². The van der Waals surface area contributed by atoms with Crippen LogP contribution in [-0.2, 0) is 9.59 Å². The molecule has 0 amide bonds. The molecule has 2 unspecified atom stereocenters. The molecule has 0 bridgehead atoms. The topological polar surface area (TPSA) is 161 Å². The molecule has 0 aliphatic rings. The minimum Gasteiger partial charge on any atom is -0.480 e. The molecule has 1 rings (SSSR count). The average Bonchev–Trinajstić information content (AvgIpc) is 2.44. The first kappa shape index (κ1) is 15.5. The highest BCUT2D eigenvalue weighted by Gasteiger charge is 2.25. The van der Waals surface area contributed by atoms with Gasteiger partial charge in [-0.05, 0) is 0 Å². The van der Waals surface area contributed by atoms with E-state index in [4.69, 9.17) is 21.7 Å². The molecule has 0 aromatic heterocycles. The number of hydrogen-bond acceptors (Lipinski definition) is 6. The number of benzene rings is 1. The fourth-order valence-electron chi connectivity index (χ4n) is 1.38. The number of hydrogen-bond donors (Lipinski definition) is 4. The molecule has 106 valence electrons. The molecule has 0 heterocycles. The fraction of sp³-hybridized carbons (Fsp3) is 0.167. The number of carboxylic acids is 2. The quantitative estimate of drug-likeness (QED) is 0.376. The summed E-state index contributed by atoms with van der Waals surface area (Å²) in [6.45, 7) is 0. The maximum Gasteiger partial charge on any atom is 0.328 e. The molecule has 1 aromatic rings. The highest BCUT2D eigenvalue weighted by molar-refractivity contribution is 6.13. The third kappa shape index (κ3) is 3.25. The molecule has 0 aliphatic heterocycles. The van der Waals surface area contributed by atoms with Crippen molar-refractivity contribution >= 4 is 23.5 Å². The first-order valence-electron chi connectivity index (χ1n) is 5.41. The lowest BCUT2D eigenvalue weighted by atomic mass is 9.99. The van der Waals surface area contributed by atoms with E-state index in [1.165, 1.54) is 24.3 Å². The van der Waals surface area contributed by atoms with Gasteiger partial charge in [0, 0.05) is 11.1 Å². The first-order valence-corrected chi connectivity index (χ1v) is 5.41. The van der Waals surface area contributed by atoms with Crippen molar-refractivity contribution < 1.29 is 29.4 Å². The Morgan fingerprint density at radius 1 is 0.750 bits per heavy atom. The fourth-order valence-corrected chi connectivity index (χ4v) is 1.38. The van der Waals surface area contributed by atoms with Crippen LogP contribution >= 0.6 is 0 Å². The van der Waals surface area contributed by atoms with Crippen LogP contribution in [0.1, 0.15) is 20.7 Å². The Balaban J connectivity index is 2.95. The third-order valence-electron chi connectivity index (χ3n) is 2.55. The summed E-state index contributed by atoms with van der Waals surface area (Å²) >= 11 is 0. The zero-order valence-electron chi connectivity index (χ0n) is 10.1. The lowest BCUT2D eigenvalue weighted by Crippen LogP contribution is -2.39. The minimum absolute atomic E-state index is 0.000321. The van der Waals surface area contributed by atoms with Gasteiger partial charge in [0.15, 0.2) is 23.7 Å². The summed E-state index contributed by atoms with van der Waals surface area (Å²) in [4.78, 5) is 44.3.